The van der Waals surface area contributed by atoms with Crippen molar-refractivity contribution in [1.82, 2.24) is 15.3 Å². The molecule has 1 aliphatic carbocycles. The van der Waals surface area contributed by atoms with Gasteiger partial charge < -0.3 is 10.6 Å². The molecule has 1 aromatic heterocycles. The molecule has 1 heterocycles. The van der Waals surface area contributed by atoms with Gasteiger partial charge in [0.25, 0.3) is 5.91 Å². The van der Waals surface area contributed by atoms with Gasteiger partial charge in [0.1, 0.15) is 0 Å². The van der Waals surface area contributed by atoms with Gasteiger partial charge in [-0.25, -0.2) is 4.98 Å². The lowest BCUT2D eigenvalue weighted by atomic mass is 10.2. The lowest BCUT2D eigenvalue weighted by Gasteiger charge is -2.05. The van der Waals surface area contributed by atoms with Crippen molar-refractivity contribution in [2.75, 3.05) is 5.32 Å². The fourth-order valence-electron chi connectivity index (χ4n) is 2.60. The molecule has 6 nitrogen and oxygen atoms in total. The van der Waals surface area contributed by atoms with Crippen LogP contribution in [0, 0.1) is 0 Å². The van der Waals surface area contributed by atoms with Crippen molar-refractivity contribution in [3.8, 4) is 0 Å². The summed E-state index contributed by atoms with van der Waals surface area (Å²) in [5.74, 6) is -0.356. The van der Waals surface area contributed by atoms with Crippen LogP contribution in [-0.4, -0.2) is 27.8 Å². The lowest BCUT2D eigenvalue weighted by molar-refractivity contribution is -0.111. The number of nitrogens with one attached hydrogen (secondary N) is 2. The number of amides is 2. The molecule has 0 saturated heterocycles. The number of nitrogens with zero attached hydrogens (tertiary/aromatic N) is 2. The van der Waals surface area contributed by atoms with E-state index >= 15 is 0 Å². The van der Waals surface area contributed by atoms with E-state index in [1.807, 2.05) is 24.3 Å². The predicted octanol–water partition coefficient (Wildman–Crippen LogP) is 3.17. The quantitative estimate of drug-likeness (QED) is 0.686. The molecule has 1 aliphatic rings. The van der Waals surface area contributed by atoms with E-state index in [-0.39, 0.29) is 11.8 Å². The number of rotatable bonds is 5. The highest BCUT2D eigenvalue weighted by molar-refractivity contribution is 6.02. The number of carbonyl (C=O) groups is 2. The molecular weight excluding hydrogens is 340 g/mol. The zero-order chi connectivity index (χ0) is 18.6. The van der Waals surface area contributed by atoms with Gasteiger partial charge in [-0.1, -0.05) is 12.1 Å². The molecule has 0 bridgehead atoms. The average Bonchev–Trinajstić information content (AvgIpc) is 3.51. The molecule has 6 heteroatoms. The molecule has 2 N–H and O–H groups in total. The SMILES string of the molecule is O=C(/C=C/c1cnc2ccccc2n1)Nc1ccc(C(=O)NC2CC2)cc1. The Kier molecular flexibility index (Phi) is 4.61. The van der Waals surface area contributed by atoms with E-state index < -0.39 is 0 Å². The molecule has 0 aliphatic heterocycles. The molecule has 0 radical (unpaired) electrons. The van der Waals surface area contributed by atoms with Gasteiger partial charge in [-0.05, 0) is 55.3 Å². The van der Waals surface area contributed by atoms with Crippen LogP contribution in [-0.2, 0) is 4.79 Å². The Bertz CT molecular complexity index is 1020. The van der Waals surface area contributed by atoms with Crippen molar-refractivity contribution in [2.24, 2.45) is 0 Å². The third kappa shape index (κ3) is 4.36. The van der Waals surface area contributed by atoms with Crippen LogP contribution in [0.2, 0.25) is 0 Å². The van der Waals surface area contributed by atoms with Crippen LogP contribution in [0.3, 0.4) is 0 Å². The molecule has 0 atom stereocenters. The Labute approximate surface area is 156 Å². The monoisotopic (exact) mass is 358 g/mol. The number of hydrogen-bond acceptors (Lipinski definition) is 4. The first kappa shape index (κ1) is 16.9. The van der Waals surface area contributed by atoms with Crippen molar-refractivity contribution in [3.05, 3.63) is 72.1 Å². The molecule has 1 saturated carbocycles. The van der Waals surface area contributed by atoms with Gasteiger partial charge >= 0.3 is 0 Å². The third-order valence-corrected chi connectivity index (χ3v) is 4.20. The topological polar surface area (TPSA) is 84.0 Å². The fourth-order valence-corrected chi connectivity index (χ4v) is 2.60. The predicted molar refractivity (Wildman–Crippen MR) is 104 cm³/mol. The van der Waals surface area contributed by atoms with Crippen LogP contribution < -0.4 is 10.6 Å². The van der Waals surface area contributed by atoms with E-state index in [0.29, 0.717) is 23.0 Å². The zero-order valence-electron chi connectivity index (χ0n) is 14.6. The highest BCUT2D eigenvalue weighted by Crippen LogP contribution is 2.19. The van der Waals surface area contributed by atoms with Crippen molar-refractivity contribution in [3.63, 3.8) is 0 Å². The number of fused-ring (bicyclic) bond motifs is 1. The zero-order valence-corrected chi connectivity index (χ0v) is 14.6. The summed E-state index contributed by atoms with van der Waals surface area (Å²) in [6, 6.07) is 14.7. The van der Waals surface area contributed by atoms with Crippen molar-refractivity contribution in [1.29, 1.82) is 0 Å². The molecule has 3 aromatic rings. The first-order valence-corrected chi connectivity index (χ1v) is 8.79. The normalized spacial score (nSPS) is 13.6. The fraction of sp³-hybridized carbons (Fsp3) is 0.143. The van der Waals surface area contributed by atoms with E-state index in [4.69, 9.17) is 0 Å². The van der Waals surface area contributed by atoms with Gasteiger partial charge in [0.2, 0.25) is 5.91 Å². The van der Waals surface area contributed by atoms with Crippen LogP contribution in [0.4, 0.5) is 5.69 Å². The molecule has 0 spiro atoms. The largest absolute Gasteiger partial charge is 0.349 e. The highest BCUT2D eigenvalue weighted by Gasteiger charge is 2.23. The van der Waals surface area contributed by atoms with E-state index in [2.05, 4.69) is 20.6 Å². The minimum atomic E-state index is -0.278. The van der Waals surface area contributed by atoms with Crippen molar-refractivity contribution >= 4 is 34.6 Å². The summed E-state index contributed by atoms with van der Waals surface area (Å²) in [6.45, 7) is 0. The lowest BCUT2D eigenvalue weighted by Crippen LogP contribution is -2.25. The summed E-state index contributed by atoms with van der Waals surface area (Å²) in [5.41, 5.74) is 3.40. The summed E-state index contributed by atoms with van der Waals surface area (Å²) in [7, 11) is 0. The summed E-state index contributed by atoms with van der Waals surface area (Å²) >= 11 is 0. The Hall–Kier alpha value is -3.54. The van der Waals surface area contributed by atoms with E-state index in [0.717, 1.165) is 23.9 Å². The molecule has 27 heavy (non-hydrogen) atoms. The van der Waals surface area contributed by atoms with E-state index in [9.17, 15) is 9.59 Å². The van der Waals surface area contributed by atoms with Gasteiger partial charge in [0.05, 0.1) is 22.9 Å². The number of aromatic nitrogens is 2. The molecule has 1 fully saturated rings. The Morgan fingerprint density at radius 1 is 1.00 bits per heavy atom. The summed E-state index contributed by atoms with van der Waals surface area (Å²) in [6.07, 6.45) is 6.75. The van der Waals surface area contributed by atoms with Crippen LogP contribution in [0.25, 0.3) is 17.1 Å². The van der Waals surface area contributed by atoms with Crippen molar-refractivity contribution < 1.29 is 9.59 Å². The van der Waals surface area contributed by atoms with Gasteiger partial charge in [-0.15, -0.1) is 0 Å². The smallest absolute Gasteiger partial charge is 0.251 e. The van der Waals surface area contributed by atoms with Gasteiger partial charge in [-0.3, -0.25) is 14.6 Å². The van der Waals surface area contributed by atoms with Crippen LogP contribution >= 0.6 is 0 Å². The summed E-state index contributed by atoms with van der Waals surface area (Å²) < 4.78 is 0. The number of anilines is 1. The minimum Gasteiger partial charge on any atom is -0.349 e. The Morgan fingerprint density at radius 2 is 1.74 bits per heavy atom. The number of carbonyl (C=O) groups excluding carboxylic acids is 2. The third-order valence-electron chi connectivity index (χ3n) is 4.20. The standard InChI is InChI=1S/C21H18N4O2/c26-20(12-11-17-13-22-18-3-1-2-4-19(18)23-17)24-15-7-5-14(6-8-15)21(27)25-16-9-10-16/h1-8,11-13,16H,9-10H2,(H,24,26)(H,25,27)/b12-11+. The second-order valence-electron chi connectivity index (χ2n) is 6.43. The van der Waals surface area contributed by atoms with Gasteiger partial charge in [0, 0.05) is 23.4 Å². The summed E-state index contributed by atoms with van der Waals surface area (Å²) in [4.78, 5) is 32.8. The molecule has 2 aromatic carbocycles. The molecule has 0 unspecified atom stereocenters. The van der Waals surface area contributed by atoms with Crippen molar-refractivity contribution in [2.45, 2.75) is 18.9 Å². The van der Waals surface area contributed by atoms with Gasteiger partial charge in [-0.2, -0.15) is 0 Å². The highest BCUT2D eigenvalue weighted by atomic mass is 16.2. The maximum absolute atomic E-state index is 12.1. The number of hydrogen-bond donors (Lipinski definition) is 2. The van der Waals surface area contributed by atoms with E-state index in [1.165, 1.54) is 6.08 Å². The first-order chi connectivity index (χ1) is 13.2. The van der Waals surface area contributed by atoms with Crippen LogP contribution in [0.1, 0.15) is 28.9 Å². The maximum Gasteiger partial charge on any atom is 0.251 e. The average molecular weight is 358 g/mol. The molecular formula is C21H18N4O2. The first-order valence-electron chi connectivity index (χ1n) is 8.79. The van der Waals surface area contributed by atoms with Gasteiger partial charge in [0.15, 0.2) is 0 Å². The molecule has 134 valence electrons. The summed E-state index contributed by atoms with van der Waals surface area (Å²) in [5, 5.41) is 5.69. The second-order valence-corrected chi connectivity index (χ2v) is 6.43. The maximum atomic E-state index is 12.1. The molecule has 2 amide bonds. The Morgan fingerprint density at radius 3 is 2.48 bits per heavy atom. The second kappa shape index (κ2) is 7.37. The molecule has 4 rings (SSSR count). The van der Waals surface area contributed by atoms with Crippen LogP contribution in [0.5, 0.6) is 0 Å². The number of benzene rings is 2. The Balaban J connectivity index is 1.37. The van der Waals surface area contributed by atoms with E-state index in [1.54, 1.807) is 36.5 Å². The minimum absolute atomic E-state index is 0.0786. The number of para-hydroxylation sites is 2. The van der Waals surface area contributed by atoms with Crippen LogP contribution in [0.15, 0.2) is 60.8 Å².